The highest BCUT2D eigenvalue weighted by atomic mass is 32.2. The Kier molecular flexibility index (Phi) is 4.78. The number of anilines is 1. The lowest BCUT2D eigenvalue weighted by atomic mass is 9.72. The number of likely N-dealkylation sites (N-methyl/N-ethyl adjacent to an activating group) is 2. The quantitative estimate of drug-likeness (QED) is 0.519. The van der Waals surface area contributed by atoms with Crippen LogP contribution in [0.2, 0.25) is 0 Å². The van der Waals surface area contributed by atoms with Crippen molar-refractivity contribution in [3.8, 4) is 0 Å². The van der Waals surface area contributed by atoms with Crippen molar-refractivity contribution >= 4 is 45.8 Å². The Morgan fingerprint density at radius 1 is 1.00 bits per heavy atom. The monoisotopic (exact) mass is 489 g/mol. The molecule has 3 aliphatic rings. The summed E-state index contributed by atoms with van der Waals surface area (Å²) in [5.74, 6) is 0.174. The zero-order valence-corrected chi connectivity index (χ0v) is 20.4. The van der Waals surface area contributed by atoms with Crippen LogP contribution in [0.15, 0.2) is 77.4 Å². The molecule has 1 aromatic heterocycles. The third-order valence-corrected chi connectivity index (χ3v) is 9.40. The lowest BCUT2D eigenvalue weighted by Crippen LogP contribution is -2.62. The molecule has 2 saturated heterocycles. The molecule has 4 heterocycles. The molecule has 172 valence electrons. The topological polar surface area (TPSA) is 57.0 Å². The van der Waals surface area contributed by atoms with Crippen molar-refractivity contribution in [1.82, 2.24) is 9.80 Å². The Hall–Kier alpha value is -2.94. The van der Waals surface area contributed by atoms with E-state index in [1.54, 1.807) is 29.2 Å². The number of likely N-dealkylation sites (tertiary alicyclic amines) is 1. The first kappa shape index (κ1) is 21.6. The molecule has 0 radical (unpaired) electrons. The largest absolute Gasteiger partial charge is 0.467 e. The molecule has 0 unspecified atom stereocenters. The van der Waals surface area contributed by atoms with Crippen LogP contribution in [0.1, 0.15) is 22.8 Å². The third kappa shape index (κ3) is 2.53. The number of hydrogen-bond acceptors (Lipinski definition) is 6. The highest BCUT2D eigenvalue weighted by molar-refractivity contribution is 8.25. The number of para-hydroxylation sites is 1. The second kappa shape index (κ2) is 7.53. The van der Waals surface area contributed by atoms with Crippen molar-refractivity contribution in [1.29, 1.82) is 0 Å². The fraction of sp³-hybridized carbons (Fsp3) is 0.269. The number of hydrogen-bond donors (Lipinski definition) is 0. The molecule has 8 heteroatoms. The minimum atomic E-state index is -1.18. The molecule has 0 N–H and O–H groups in total. The van der Waals surface area contributed by atoms with Crippen molar-refractivity contribution in [2.24, 2.45) is 0 Å². The molecular weight excluding hydrogens is 466 g/mol. The van der Waals surface area contributed by atoms with Crippen LogP contribution in [-0.2, 0) is 21.7 Å². The molecule has 2 fully saturated rings. The maximum absolute atomic E-state index is 14.6. The molecule has 2 spiro atoms. The van der Waals surface area contributed by atoms with E-state index in [9.17, 15) is 9.59 Å². The fourth-order valence-corrected chi connectivity index (χ4v) is 8.16. The fourth-order valence-electron chi connectivity index (χ4n) is 6.03. The van der Waals surface area contributed by atoms with Gasteiger partial charge in [-0.1, -0.05) is 72.5 Å². The maximum atomic E-state index is 14.6. The van der Waals surface area contributed by atoms with Gasteiger partial charge >= 0.3 is 0 Å². The predicted octanol–water partition coefficient (Wildman–Crippen LogP) is 3.98. The molecule has 2 aromatic carbocycles. The molecule has 6 rings (SSSR count). The normalized spacial score (nSPS) is 28.6. The van der Waals surface area contributed by atoms with Crippen LogP contribution in [0.4, 0.5) is 5.69 Å². The highest BCUT2D eigenvalue weighted by Crippen LogP contribution is 2.66. The summed E-state index contributed by atoms with van der Waals surface area (Å²) in [5.41, 5.74) is 1.53. The summed E-state index contributed by atoms with van der Waals surface area (Å²) < 4.78 is 4.86. The van der Waals surface area contributed by atoms with E-state index in [-0.39, 0.29) is 24.3 Å². The van der Waals surface area contributed by atoms with Gasteiger partial charge in [-0.15, -0.1) is 0 Å². The molecule has 3 aromatic rings. The first-order chi connectivity index (χ1) is 16.4. The SMILES string of the molecule is CN1C(=O)[C@]2(c3ccccc31)N(C)C[C@@H](c1ccccc1)[C@]21SC(=S)N(Cc2ccco2)C1=O. The van der Waals surface area contributed by atoms with Gasteiger partial charge in [0.2, 0.25) is 5.91 Å². The molecule has 0 aliphatic carbocycles. The third-order valence-electron chi connectivity index (χ3n) is 7.45. The van der Waals surface area contributed by atoms with Gasteiger partial charge in [0.15, 0.2) is 5.54 Å². The molecular formula is C26H23N3O3S2. The molecule has 3 atom stereocenters. The van der Waals surface area contributed by atoms with Crippen LogP contribution in [0, 0.1) is 0 Å². The van der Waals surface area contributed by atoms with Crippen LogP contribution in [0.3, 0.4) is 0 Å². The van der Waals surface area contributed by atoms with Crippen LogP contribution < -0.4 is 4.90 Å². The maximum Gasteiger partial charge on any atom is 0.254 e. The van der Waals surface area contributed by atoms with Crippen LogP contribution in [0.5, 0.6) is 0 Å². The van der Waals surface area contributed by atoms with Gasteiger partial charge in [0.1, 0.15) is 14.8 Å². The predicted molar refractivity (Wildman–Crippen MR) is 136 cm³/mol. The molecule has 34 heavy (non-hydrogen) atoms. The van der Waals surface area contributed by atoms with E-state index in [1.165, 1.54) is 11.8 Å². The first-order valence-electron chi connectivity index (χ1n) is 11.1. The summed E-state index contributed by atoms with van der Waals surface area (Å²) >= 11 is 7.17. The van der Waals surface area contributed by atoms with Crippen LogP contribution >= 0.6 is 24.0 Å². The van der Waals surface area contributed by atoms with E-state index in [0.29, 0.717) is 16.6 Å². The minimum Gasteiger partial charge on any atom is -0.467 e. The number of carbonyl (C=O) groups excluding carboxylic acids is 2. The standard InChI is InChI=1S/C26H23N3O3S2/c1-27-16-20(17-9-4-3-5-10-17)26(23(31)29(24(33)34-26)15-18-11-8-14-32-18)25(27)19-12-6-7-13-21(19)28(2)22(25)30/h3-14,20H,15-16H2,1-2H3/t20-,25-,26+/m0/s1. The number of carbonyl (C=O) groups is 2. The van der Waals surface area contributed by atoms with Crippen LogP contribution in [0.25, 0.3) is 0 Å². The number of amides is 2. The molecule has 0 saturated carbocycles. The number of benzene rings is 2. The van der Waals surface area contributed by atoms with E-state index in [2.05, 4.69) is 4.90 Å². The average molecular weight is 490 g/mol. The van der Waals surface area contributed by atoms with E-state index in [1.807, 2.05) is 67.7 Å². The Labute approximate surface area is 207 Å². The van der Waals surface area contributed by atoms with E-state index < -0.39 is 10.3 Å². The lowest BCUT2D eigenvalue weighted by molar-refractivity contribution is -0.139. The molecule has 6 nitrogen and oxygen atoms in total. The minimum absolute atomic E-state index is 0.0990. The average Bonchev–Trinajstić information content (AvgIpc) is 3.57. The van der Waals surface area contributed by atoms with Gasteiger partial charge in [-0.05, 0) is 30.8 Å². The van der Waals surface area contributed by atoms with E-state index >= 15 is 0 Å². The van der Waals surface area contributed by atoms with Gasteiger partial charge in [0.25, 0.3) is 5.91 Å². The first-order valence-corrected chi connectivity index (χ1v) is 12.4. The summed E-state index contributed by atoms with van der Waals surface area (Å²) in [7, 11) is 3.74. The summed E-state index contributed by atoms with van der Waals surface area (Å²) in [6, 6.07) is 21.4. The number of fused-ring (bicyclic) bond motifs is 3. The van der Waals surface area contributed by atoms with Crippen molar-refractivity contribution in [2.75, 3.05) is 25.5 Å². The van der Waals surface area contributed by atoms with Gasteiger partial charge in [0, 0.05) is 30.8 Å². The smallest absolute Gasteiger partial charge is 0.254 e. The van der Waals surface area contributed by atoms with Crippen LogP contribution in [-0.4, -0.2) is 51.3 Å². The zero-order valence-electron chi connectivity index (χ0n) is 18.8. The summed E-state index contributed by atoms with van der Waals surface area (Å²) in [6.45, 7) is 0.792. The van der Waals surface area contributed by atoms with Gasteiger partial charge in [-0.25, -0.2) is 0 Å². The molecule has 2 amide bonds. The van der Waals surface area contributed by atoms with E-state index in [0.717, 1.165) is 16.8 Å². The number of thiocarbonyl (C=S) groups is 1. The van der Waals surface area contributed by atoms with Gasteiger partial charge in [-0.2, -0.15) is 0 Å². The Morgan fingerprint density at radius 2 is 1.74 bits per heavy atom. The second-order valence-corrected chi connectivity index (χ2v) is 10.9. The Bertz CT molecular complexity index is 1310. The van der Waals surface area contributed by atoms with Crippen molar-refractivity contribution < 1.29 is 14.0 Å². The Morgan fingerprint density at radius 3 is 2.47 bits per heavy atom. The van der Waals surface area contributed by atoms with Gasteiger partial charge in [-0.3, -0.25) is 19.4 Å². The van der Waals surface area contributed by atoms with Crippen molar-refractivity contribution in [3.05, 3.63) is 89.9 Å². The molecule has 0 bridgehead atoms. The van der Waals surface area contributed by atoms with Gasteiger partial charge < -0.3 is 9.32 Å². The summed E-state index contributed by atoms with van der Waals surface area (Å²) in [4.78, 5) is 34.2. The Balaban J connectivity index is 1.61. The van der Waals surface area contributed by atoms with E-state index in [4.69, 9.17) is 16.6 Å². The summed E-state index contributed by atoms with van der Waals surface area (Å²) in [5, 5.41) is 0. The summed E-state index contributed by atoms with van der Waals surface area (Å²) in [6.07, 6.45) is 1.59. The van der Waals surface area contributed by atoms with Crippen molar-refractivity contribution in [3.63, 3.8) is 0 Å². The van der Waals surface area contributed by atoms with Crippen molar-refractivity contribution in [2.45, 2.75) is 22.7 Å². The number of furan rings is 1. The second-order valence-electron chi connectivity index (χ2n) is 9.01. The lowest BCUT2D eigenvalue weighted by Gasteiger charge is -2.42. The number of nitrogens with zero attached hydrogens (tertiary/aromatic N) is 3. The highest BCUT2D eigenvalue weighted by Gasteiger charge is 2.78. The zero-order chi connectivity index (χ0) is 23.7. The number of thioether (sulfide) groups is 1. The number of rotatable bonds is 3. The molecule has 3 aliphatic heterocycles. The van der Waals surface area contributed by atoms with Gasteiger partial charge in [0.05, 0.1) is 12.8 Å².